The number of rotatable bonds is 6. The molecular weight excluding hydrogens is 390 g/mol. The van der Waals surface area contributed by atoms with Crippen molar-refractivity contribution in [2.24, 2.45) is 10.4 Å². The van der Waals surface area contributed by atoms with E-state index in [0.29, 0.717) is 36.2 Å². The Morgan fingerprint density at radius 2 is 1.90 bits per heavy atom. The number of nitrogens with one attached hydrogen (secondary N) is 2. The minimum atomic E-state index is -0.857. The van der Waals surface area contributed by atoms with Gasteiger partial charge in [0.25, 0.3) is 5.91 Å². The van der Waals surface area contributed by atoms with Crippen LogP contribution in [0.1, 0.15) is 69.3 Å². The molecule has 0 bridgehead atoms. The fourth-order valence-electron chi connectivity index (χ4n) is 4.26. The molecule has 0 saturated carbocycles. The number of piperidine rings is 1. The van der Waals surface area contributed by atoms with Gasteiger partial charge in [-0.15, -0.1) is 0 Å². The molecule has 1 aromatic rings. The number of amides is 2. The third kappa shape index (κ3) is 5.50. The molecule has 0 radical (unpaired) electrons. The molecule has 7 heteroatoms. The average molecular weight is 424 g/mol. The van der Waals surface area contributed by atoms with Crippen LogP contribution in [0, 0.1) is 16.7 Å². The molecule has 0 aliphatic carbocycles. The van der Waals surface area contributed by atoms with Gasteiger partial charge in [-0.3, -0.25) is 9.59 Å². The second-order valence-corrected chi connectivity index (χ2v) is 9.80. The van der Waals surface area contributed by atoms with Crippen LogP contribution in [0.3, 0.4) is 0 Å². The van der Waals surface area contributed by atoms with E-state index in [4.69, 9.17) is 0 Å². The molecule has 0 spiro atoms. The van der Waals surface area contributed by atoms with Gasteiger partial charge in [0.2, 0.25) is 5.91 Å². The lowest BCUT2D eigenvalue weighted by molar-refractivity contribution is -0.125. The van der Waals surface area contributed by atoms with E-state index < -0.39 is 11.6 Å². The number of hydrogen-bond donors (Lipinski definition) is 2. The highest BCUT2D eigenvalue weighted by Gasteiger charge is 2.39. The number of likely N-dealkylation sites (tertiary alicyclic amines) is 1. The molecule has 7 nitrogen and oxygen atoms in total. The summed E-state index contributed by atoms with van der Waals surface area (Å²) < 4.78 is 0. The lowest BCUT2D eigenvalue weighted by Gasteiger charge is -2.39. The van der Waals surface area contributed by atoms with Gasteiger partial charge in [0.1, 0.15) is 17.4 Å². The second kappa shape index (κ2) is 9.19. The molecule has 2 aliphatic heterocycles. The van der Waals surface area contributed by atoms with E-state index in [9.17, 15) is 14.9 Å². The van der Waals surface area contributed by atoms with Crippen molar-refractivity contribution in [3.8, 4) is 6.07 Å². The Kier molecular flexibility index (Phi) is 6.80. The third-order valence-electron chi connectivity index (χ3n) is 5.90. The van der Waals surface area contributed by atoms with Crippen LogP contribution < -0.4 is 10.6 Å². The number of hydrogen-bond acceptors (Lipinski definition) is 5. The quantitative estimate of drug-likeness (QED) is 0.733. The zero-order valence-electron chi connectivity index (χ0n) is 19.0. The average Bonchev–Trinajstić information content (AvgIpc) is 3.04. The van der Waals surface area contributed by atoms with Crippen molar-refractivity contribution in [2.45, 2.75) is 65.0 Å². The maximum atomic E-state index is 13.4. The Morgan fingerprint density at radius 1 is 1.26 bits per heavy atom. The van der Waals surface area contributed by atoms with E-state index in [1.807, 2.05) is 12.1 Å². The zero-order chi connectivity index (χ0) is 22.6. The van der Waals surface area contributed by atoms with Crippen molar-refractivity contribution in [1.29, 1.82) is 5.26 Å². The fraction of sp³-hybridized carbons (Fsp3) is 0.583. The molecule has 1 saturated heterocycles. The molecule has 2 aliphatic rings. The van der Waals surface area contributed by atoms with E-state index in [1.165, 1.54) is 0 Å². The number of benzene rings is 1. The minimum Gasteiger partial charge on any atom is -0.358 e. The maximum Gasteiger partial charge on any atom is 0.279 e. The van der Waals surface area contributed by atoms with Crippen LogP contribution in [0.25, 0.3) is 0 Å². The van der Waals surface area contributed by atoms with Crippen molar-refractivity contribution >= 4 is 17.6 Å². The smallest absolute Gasteiger partial charge is 0.279 e. The van der Waals surface area contributed by atoms with Crippen LogP contribution in [0.15, 0.2) is 29.3 Å². The number of carbonyl (C=O) groups is 2. The predicted molar refractivity (Wildman–Crippen MR) is 121 cm³/mol. The summed E-state index contributed by atoms with van der Waals surface area (Å²) in [4.78, 5) is 32.1. The van der Waals surface area contributed by atoms with E-state index in [2.05, 4.69) is 54.3 Å². The van der Waals surface area contributed by atoms with Crippen molar-refractivity contribution < 1.29 is 9.59 Å². The van der Waals surface area contributed by atoms with Gasteiger partial charge >= 0.3 is 0 Å². The summed E-state index contributed by atoms with van der Waals surface area (Å²) in [6, 6.07) is 9.00. The van der Waals surface area contributed by atoms with Crippen LogP contribution in [-0.4, -0.2) is 53.8 Å². The molecular formula is C24H33N5O2. The summed E-state index contributed by atoms with van der Waals surface area (Å²) in [5, 5.41) is 16.2. The first-order valence-electron chi connectivity index (χ1n) is 11.1. The lowest BCUT2D eigenvalue weighted by Crippen LogP contribution is -2.59. The van der Waals surface area contributed by atoms with Crippen molar-refractivity contribution in [3.63, 3.8) is 0 Å². The number of carbonyl (C=O) groups excluding carboxylic acids is 2. The molecule has 31 heavy (non-hydrogen) atoms. The molecule has 2 amide bonds. The minimum absolute atomic E-state index is 0.137. The summed E-state index contributed by atoms with van der Waals surface area (Å²) in [6.45, 7) is 10.9. The van der Waals surface area contributed by atoms with Gasteiger partial charge in [0, 0.05) is 18.7 Å². The Balaban J connectivity index is 1.76. The van der Waals surface area contributed by atoms with Crippen molar-refractivity contribution in [1.82, 2.24) is 15.5 Å². The molecule has 2 heterocycles. The van der Waals surface area contributed by atoms with E-state index in [0.717, 1.165) is 26.1 Å². The summed E-state index contributed by atoms with van der Waals surface area (Å²) in [5.41, 5.74) is 0.255. The molecule has 1 fully saturated rings. The Morgan fingerprint density at radius 3 is 2.48 bits per heavy atom. The molecule has 166 valence electrons. The lowest BCUT2D eigenvalue weighted by atomic mass is 9.85. The van der Waals surface area contributed by atoms with E-state index >= 15 is 0 Å². The summed E-state index contributed by atoms with van der Waals surface area (Å²) in [5.74, 6) is -0.0986. The molecule has 0 aromatic heterocycles. The monoisotopic (exact) mass is 423 g/mol. The molecule has 1 aromatic carbocycles. The summed E-state index contributed by atoms with van der Waals surface area (Å²) in [6.07, 6.45) is 2.84. The highest BCUT2D eigenvalue weighted by molar-refractivity contribution is 6.21. The van der Waals surface area contributed by atoms with Crippen LogP contribution in [-0.2, 0) is 4.79 Å². The topological polar surface area (TPSA) is 97.6 Å². The number of amidine groups is 1. The maximum absolute atomic E-state index is 13.4. The number of fused-ring (bicyclic) bond motifs is 1. The second-order valence-electron chi connectivity index (χ2n) is 9.80. The highest BCUT2D eigenvalue weighted by atomic mass is 16.2. The molecule has 2 N–H and O–H groups in total. The predicted octanol–water partition coefficient (Wildman–Crippen LogP) is 2.87. The first kappa shape index (κ1) is 23.0. The molecule has 3 rings (SSSR count). The first-order valence-corrected chi connectivity index (χ1v) is 11.1. The SMILES string of the molecule is CCCN1CCC(C#N)(NC(=O)C(CC(C)(C)C)NC2=NC(=O)c3ccccc32)CC1. The van der Waals surface area contributed by atoms with Crippen molar-refractivity contribution in [3.05, 3.63) is 35.4 Å². The Labute approximate surface area is 184 Å². The number of aliphatic imine (C=N–C) groups is 1. The molecule has 1 atom stereocenters. The normalized spacial score (nSPS) is 19.2. The van der Waals surface area contributed by atoms with Gasteiger partial charge in [-0.05, 0) is 43.7 Å². The zero-order valence-corrected chi connectivity index (χ0v) is 19.0. The standard InChI is InChI=1S/C24H33N5O2/c1-5-12-29-13-10-24(16-25,11-14-29)28-22(31)19(15-23(2,3)4)26-20-17-8-6-7-9-18(17)21(30)27-20/h6-9,19H,5,10-15H2,1-4H3,(H,28,31)(H,26,27,30). The van der Waals surface area contributed by atoms with E-state index in [-0.39, 0.29) is 17.2 Å². The first-order chi connectivity index (χ1) is 14.7. The van der Waals surface area contributed by atoms with Gasteiger partial charge in [0.05, 0.1) is 11.6 Å². The van der Waals surface area contributed by atoms with Crippen LogP contribution in [0.2, 0.25) is 0 Å². The van der Waals surface area contributed by atoms with Crippen molar-refractivity contribution in [2.75, 3.05) is 19.6 Å². The molecule has 1 unspecified atom stereocenters. The largest absolute Gasteiger partial charge is 0.358 e. The Hall–Kier alpha value is -2.72. The van der Waals surface area contributed by atoms with Crippen LogP contribution in [0.5, 0.6) is 0 Å². The van der Waals surface area contributed by atoms with E-state index in [1.54, 1.807) is 12.1 Å². The highest BCUT2D eigenvalue weighted by Crippen LogP contribution is 2.26. The summed E-state index contributed by atoms with van der Waals surface area (Å²) in [7, 11) is 0. The van der Waals surface area contributed by atoms with Gasteiger partial charge in [0.15, 0.2) is 0 Å². The Bertz CT molecular complexity index is 901. The number of nitrogens with zero attached hydrogens (tertiary/aromatic N) is 3. The van der Waals surface area contributed by atoms with Crippen LogP contribution in [0.4, 0.5) is 0 Å². The fourth-order valence-corrected chi connectivity index (χ4v) is 4.26. The van der Waals surface area contributed by atoms with Gasteiger partial charge in [-0.2, -0.15) is 10.3 Å². The van der Waals surface area contributed by atoms with Gasteiger partial charge < -0.3 is 15.5 Å². The third-order valence-corrected chi connectivity index (χ3v) is 5.90. The van der Waals surface area contributed by atoms with Crippen LogP contribution >= 0.6 is 0 Å². The van der Waals surface area contributed by atoms with Gasteiger partial charge in [-0.25, -0.2) is 0 Å². The number of nitriles is 1. The summed E-state index contributed by atoms with van der Waals surface area (Å²) >= 11 is 0. The van der Waals surface area contributed by atoms with Gasteiger partial charge in [-0.1, -0.05) is 45.9 Å².